The van der Waals surface area contributed by atoms with Crippen molar-refractivity contribution in [2.75, 3.05) is 18.6 Å². The normalized spacial score (nSPS) is 12.8. The van der Waals surface area contributed by atoms with Gasteiger partial charge in [0.2, 0.25) is 0 Å². The van der Waals surface area contributed by atoms with Crippen LogP contribution in [-0.2, 0) is 9.47 Å². The molecular formula is C19H15NO6. The summed E-state index contributed by atoms with van der Waals surface area (Å²) in [4.78, 5) is 49.6. The Morgan fingerprint density at radius 1 is 0.885 bits per heavy atom. The Morgan fingerprint density at radius 3 is 2.12 bits per heavy atom. The lowest BCUT2D eigenvalue weighted by atomic mass is 10.1. The summed E-state index contributed by atoms with van der Waals surface area (Å²) < 4.78 is 9.53. The standard InChI is InChI=1S/C19H15NO6/c1-3-26-19(24)11-4-7-13(8-5-11)20-16(21)14-9-6-12(18(23)25-2)10-15(14)17(20)22/h4-10H,3H2,1-2H3. The van der Waals surface area contributed by atoms with Crippen molar-refractivity contribution in [3.05, 3.63) is 64.7 Å². The van der Waals surface area contributed by atoms with E-state index in [0.29, 0.717) is 11.3 Å². The predicted molar refractivity (Wildman–Crippen MR) is 91.3 cm³/mol. The Labute approximate surface area is 149 Å². The van der Waals surface area contributed by atoms with E-state index in [1.54, 1.807) is 6.92 Å². The third kappa shape index (κ3) is 2.83. The van der Waals surface area contributed by atoms with Crippen LogP contribution in [0.15, 0.2) is 42.5 Å². The molecule has 0 atom stereocenters. The van der Waals surface area contributed by atoms with Crippen LogP contribution in [0.1, 0.15) is 48.4 Å². The molecule has 1 aliphatic rings. The van der Waals surface area contributed by atoms with Gasteiger partial charge >= 0.3 is 11.9 Å². The average Bonchev–Trinajstić information content (AvgIpc) is 2.91. The van der Waals surface area contributed by atoms with E-state index in [2.05, 4.69) is 4.74 Å². The topological polar surface area (TPSA) is 90.0 Å². The molecule has 0 aromatic heterocycles. The minimum Gasteiger partial charge on any atom is -0.465 e. The molecule has 1 heterocycles. The second-order valence-corrected chi connectivity index (χ2v) is 5.47. The molecule has 1 aliphatic heterocycles. The van der Waals surface area contributed by atoms with Crippen molar-refractivity contribution in [2.45, 2.75) is 6.92 Å². The number of carbonyl (C=O) groups is 4. The maximum Gasteiger partial charge on any atom is 0.338 e. The van der Waals surface area contributed by atoms with Crippen LogP contribution in [0.2, 0.25) is 0 Å². The summed E-state index contributed by atoms with van der Waals surface area (Å²) in [5.41, 5.74) is 1.17. The van der Waals surface area contributed by atoms with Gasteiger partial charge in [0.25, 0.3) is 11.8 Å². The van der Waals surface area contributed by atoms with E-state index in [4.69, 9.17) is 4.74 Å². The molecule has 26 heavy (non-hydrogen) atoms. The highest BCUT2D eigenvalue weighted by molar-refractivity contribution is 6.34. The summed E-state index contributed by atoms with van der Waals surface area (Å²) in [5.74, 6) is -2.11. The lowest BCUT2D eigenvalue weighted by Gasteiger charge is -2.14. The molecule has 2 aromatic carbocycles. The quantitative estimate of drug-likeness (QED) is 0.619. The fourth-order valence-electron chi connectivity index (χ4n) is 2.68. The number of hydrogen-bond acceptors (Lipinski definition) is 6. The summed E-state index contributed by atoms with van der Waals surface area (Å²) in [5, 5.41) is 0. The number of ether oxygens (including phenoxy) is 2. The van der Waals surface area contributed by atoms with Crippen molar-refractivity contribution in [1.29, 1.82) is 0 Å². The van der Waals surface area contributed by atoms with Crippen LogP contribution < -0.4 is 4.90 Å². The van der Waals surface area contributed by atoms with E-state index < -0.39 is 23.8 Å². The Balaban J connectivity index is 1.92. The first kappa shape index (κ1) is 17.3. The molecule has 0 radical (unpaired) electrons. The fraction of sp³-hybridized carbons (Fsp3) is 0.158. The van der Waals surface area contributed by atoms with Gasteiger partial charge in [0, 0.05) is 0 Å². The number of esters is 2. The molecule has 0 unspecified atom stereocenters. The van der Waals surface area contributed by atoms with Gasteiger partial charge in [-0.2, -0.15) is 0 Å². The molecule has 132 valence electrons. The molecule has 0 N–H and O–H groups in total. The Morgan fingerprint density at radius 2 is 1.50 bits per heavy atom. The number of anilines is 1. The fourth-order valence-corrected chi connectivity index (χ4v) is 2.68. The van der Waals surface area contributed by atoms with Crippen molar-refractivity contribution >= 4 is 29.4 Å². The van der Waals surface area contributed by atoms with Crippen LogP contribution in [-0.4, -0.2) is 37.5 Å². The zero-order valence-corrected chi connectivity index (χ0v) is 14.1. The van der Waals surface area contributed by atoms with Gasteiger partial charge in [-0.25, -0.2) is 14.5 Å². The van der Waals surface area contributed by atoms with E-state index in [1.807, 2.05) is 0 Å². The molecule has 7 nitrogen and oxygen atoms in total. The van der Waals surface area contributed by atoms with Crippen molar-refractivity contribution < 1.29 is 28.7 Å². The van der Waals surface area contributed by atoms with Gasteiger partial charge in [-0.15, -0.1) is 0 Å². The molecule has 0 fully saturated rings. The van der Waals surface area contributed by atoms with Gasteiger partial charge in [-0.1, -0.05) is 0 Å². The van der Waals surface area contributed by atoms with Gasteiger partial charge in [0.1, 0.15) is 0 Å². The molecule has 0 bridgehead atoms. The summed E-state index contributed by atoms with van der Waals surface area (Å²) in [6.45, 7) is 1.95. The van der Waals surface area contributed by atoms with Crippen LogP contribution in [0.5, 0.6) is 0 Å². The molecule has 0 aliphatic carbocycles. The largest absolute Gasteiger partial charge is 0.465 e. The van der Waals surface area contributed by atoms with Gasteiger partial charge in [0.05, 0.1) is 41.7 Å². The number of hydrogen-bond donors (Lipinski definition) is 0. The zero-order chi connectivity index (χ0) is 18.8. The van der Waals surface area contributed by atoms with Gasteiger partial charge in [-0.3, -0.25) is 9.59 Å². The number of amides is 2. The third-order valence-corrected chi connectivity index (χ3v) is 3.94. The predicted octanol–water partition coefficient (Wildman–Crippen LogP) is 2.45. The summed E-state index contributed by atoms with van der Waals surface area (Å²) in [6.07, 6.45) is 0. The average molecular weight is 353 g/mol. The second kappa shape index (κ2) is 6.79. The van der Waals surface area contributed by atoms with E-state index in [1.165, 1.54) is 49.6 Å². The van der Waals surface area contributed by atoms with Crippen LogP contribution in [0.4, 0.5) is 5.69 Å². The summed E-state index contributed by atoms with van der Waals surface area (Å²) in [7, 11) is 1.24. The molecule has 3 rings (SSSR count). The first-order valence-electron chi connectivity index (χ1n) is 7.86. The summed E-state index contributed by atoms with van der Waals surface area (Å²) in [6, 6.07) is 10.2. The minimum absolute atomic E-state index is 0.132. The number of fused-ring (bicyclic) bond motifs is 1. The molecule has 7 heteroatoms. The van der Waals surface area contributed by atoms with Crippen LogP contribution in [0.3, 0.4) is 0 Å². The van der Waals surface area contributed by atoms with E-state index in [9.17, 15) is 19.2 Å². The Kier molecular flexibility index (Phi) is 4.53. The lowest BCUT2D eigenvalue weighted by Crippen LogP contribution is -2.29. The van der Waals surface area contributed by atoms with Gasteiger partial charge in [-0.05, 0) is 49.4 Å². The maximum absolute atomic E-state index is 12.7. The van der Waals surface area contributed by atoms with E-state index in [0.717, 1.165) is 4.90 Å². The zero-order valence-electron chi connectivity index (χ0n) is 14.1. The third-order valence-electron chi connectivity index (χ3n) is 3.94. The Bertz CT molecular complexity index is 916. The Hall–Kier alpha value is -3.48. The SMILES string of the molecule is CCOC(=O)c1ccc(N2C(=O)c3ccc(C(=O)OC)cc3C2=O)cc1. The lowest BCUT2D eigenvalue weighted by molar-refractivity contribution is 0.0525. The first-order chi connectivity index (χ1) is 12.5. The van der Waals surface area contributed by atoms with E-state index >= 15 is 0 Å². The van der Waals surface area contributed by atoms with Crippen molar-refractivity contribution in [2.24, 2.45) is 0 Å². The highest BCUT2D eigenvalue weighted by atomic mass is 16.5. The van der Waals surface area contributed by atoms with Gasteiger partial charge < -0.3 is 9.47 Å². The first-order valence-corrected chi connectivity index (χ1v) is 7.86. The van der Waals surface area contributed by atoms with Crippen molar-refractivity contribution in [3.8, 4) is 0 Å². The van der Waals surface area contributed by atoms with Crippen LogP contribution in [0.25, 0.3) is 0 Å². The number of benzene rings is 2. The van der Waals surface area contributed by atoms with Crippen molar-refractivity contribution in [1.82, 2.24) is 0 Å². The molecule has 0 spiro atoms. The number of rotatable bonds is 4. The van der Waals surface area contributed by atoms with Gasteiger partial charge in [0.15, 0.2) is 0 Å². The van der Waals surface area contributed by atoms with Crippen LogP contribution in [0, 0.1) is 0 Å². The molecule has 0 saturated carbocycles. The number of imide groups is 1. The molecule has 2 aromatic rings. The number of nitrogens with zero attached hydrogens (tertiary/aromatic N) is 1. The van der Waals surface area contributed by atoms with Crippen molar-refractivity contribution in [3.63, 3.8) is 0 Å². The molecular weight excluding hydrogens is 338 g/mol. The minimum atomic E-state index is -0.592. The molecule has 0 saturated heterocycles. The monoisotopic (exact) mass is 353 g/mol. The number of carbonyl (C=O) groups excluding carboxylic acids is 4. The number of methoxy groups -OCH3 is 1. The smallest absolute Gasteiger partial charge is 0.338 e. The van der Waals surface area contributed by atoms with Crippen LogP contribution >= 0.6 is 0 Å². The highest BCUT2D eigenvalue weighted by Crippen LogP contribution is 2.29. The summed E-state index contributed by atoms with van der Waals surface area (Å²) >= 11 is 0. The molecule has 2 amide bonds. The second-order valence-electron chi connectivity index (χ2n) is 5.47. The maximum atomic E-state index is 12.7. The van der Waals surface area contributed by atoms with E-state index in [-0.39, 0.29) is 23.3 Å². The highest BCUT2D eigenvalue weighted by Gasteiger charge is 2.37.